The Morgan fingerprint density at radius 1 is 0.935 bits per heavy atom. The fourth-order valence-corrected chi connectivity index (χ4v) is 7.72. The average Bonchev–Trinajstić information content (AvgIpc) is 3.84. The molecule has 2 aromatic heterocycles. The highest BCUT2D eigenvalue weighted by Gasteiger charge is 2.35. The second-order valence-electron chi connectivity index (χ2n) is 15.0. The highest BCUT2D eigenvalue weighted by atomic mass is 19.4. The van der Waals surface area contributed by atoms with E-state index >= 15 is 0 Å². The van der Waals surface area contributed by atoms with Crippen molar-refractivity contribution in [2.45, 2.75) is 104 Å². The van der Waals surface area contributed by atoms with Gasteiger partial charge < -0.3 is 14.4 Å². The molecule has 0 atom stereocenters. The van der Waals surface area contributed by atoms with Crippen LogP contribution in [-0.4, -0.2) is 65.9 Å². The Morgan fingerprint density at radius 2 is 1.63 bits per heavy atom. The number of aromatic nitrogens is 2. The minimum atomic E-state index is -4.37. The molecule has 0 bridgehead atoms. The van der Waals surface area contributed by atoms with Gasteiger partial charge in [0.15, 0.2) is 0 Å². The number of allylic oxidation sites excluding steroid dienone is 1. The molecule has 46 heavy (non-hydrogen) atoms. The first-order valence-electron chi connectivity index (χ1n) is 17.5. The molecule has 1 saturated carbocycles. The Balaban J connectivity index is 1.54. The standard InChI is InChI=1S/C38H52F3N5/c1-6-7-15-37(4,5)24-33-31-22-29(43-16-9-8-10-17-43)13-14-34(31)46(26-38(39,40)41)36(33)32-23-30(25-42-35(32)27(2)3)45-20-18-44(19-21-45)28-11-12-28/h6,13-14,22-23,25,27-28H,1,7-12,15-21,24,26H2,2-5H3. The van der Waals surface area contributed by atoms with Gasteiger partial charge >= 0.3 is 6.18 Å². The predicted molar refractivity (Wildman–Crippen MR) is 185 cm³/mol. The fourth-order valence-electron chi connectivity index (χ4n) is 7.72. The first-order valence-corrected chi connectivity index (χ1v) is 17.5. The molecule has 0 radical (unpaired) electrons. The topological polar surface area (TPSA) is 27.5 Å². The molecule has 5 nitrogen and oxygen atoms in total. The van der Waals surface area contributed by atoms with E-state index in [9.17, 15) is 13.2 Å². The van der Waals surface area contributed by atoms with E-state index in [1.807, 2.05) is 24.4 Å². The molecule has 3 aromatic rings. The molecule has 8 heteroatoms. The average molecular weight is 636 g/mol. The van der Waals surface area contributed by atoms with Gasteiger partial charge in [0, 0.05) is 67.5 Å². The van der Waals surface area contributed by atoms with Gasteiger partial charge in [0.25, 0.3) is 0 Å². The highest BCUT2D eigenvalue weighted by molar-refractivity contribution is 5.95. The molecule has 6 rings (SSSR count). The van der Waals surface area contributed by atoms with Crippen molar-refractivity contribution in [3.05, 3.63) is 54.4 Å². The van der Waals surface area contributed by atoms with E-state index in [1.165, 1.54) is 19.3 Å². The third-order valence-corrected chi connectivity index (χ3v) is 10.3. The van der Waals surface area contributed by atoms with E-state index in [4.69, 9.17) is 4.98 Å². The molecule has 0 unspecified atom stereocenters. The van der Waals surface area contributed by atoms with Crippen LogP contribution in [0.4, 0.5) is 24.5 Å². The minimum absolute atomic E-state index is 0.0543. The number of anilines is 2. The molecular weight excluding hydrogens is 583 g/mol. The van der Waals surface area contributed by atoms with Crippen molar-refractivity contribution in [3.63, 3.8) is 0 Å². The number of alkyl halides is 3. The van der Waals surface area contributed by atoms with Gasteiger partial charge in [0.1, 0.15) is 6.54 Å². The third-order valence-electron chi connectivity index (χ3n) is 10.3. The maximum Gasteiger partial charge on any atom is 0.406 e. The monoisotopic (exact) mass is 635 g/mol. The number of nitrogens with zero attached hydrogens (tertiary/aromatic N) is 5. The summed E-state index contributed by atoms with van der Waals surface area (Å²) in [7, 11) is 0. The normalized spacial score (nSPS) is 18.6. The predicted octanol–water partition coefficient (Wildman–Crippen LogP) is 9.20. The Labute approximate surface area is 273 Å². The van der Waals surface area contributed by atoms with Crippen LogP contribution in [0.3, 0.4) is 0 Å². The fraction of sp³-hybridized carbons (Fsp3) is 0.605. The number of piperidine rings is 1. The summed E-state index contributed by atoms with van der Waals surface area (Å²) in [6.07, 6.45) is 8.07. The second-order valence-corrected chi connectivity index (χ2v) is 15.0. The molecule has 2 saturated heterocycles. The van der Waals surface area contributed by atoms with Gasteiger partial charge in [-0.1, -0.05) is 33.8 Å². The molecule has 0 spiro atoms. The van der Waals surface area contributed by atoms with Crippen LogP contribution in [0.15, 0.2) is 43.1 Å². The van der Waals surface area contributed by atoms with Crippen LogP contribution < -0.4 is 9.80 Å². The lowest BCUT2D eigenvalue weighted by molar-refractivity contribution is -0.139. The quantitative estimate of drug-likeness (QED) is 0.196. The lowest BCUT2D eigenvalue weighted by atomic mass is 9.80. The largest absolute Gasteiger partial charge is 0.406 e. The number of pyridine rings is 1. The summed E-state index contributed by atoms with van der Waals surface area (Å²) in [5.41, 5.74) is 6.02. The van der Waals surface area contributed by atoms with Gasteiger partial charge in [-0.15, -0.1) is 6.58 Å². The number of halogens is 3. The Bertz CT molecular complexity index is 1520. The number of piperazine rings is 1. The van der Waals surface area contributed by atoms with Crippen LogP contribution in [0.25, 0.3) is 22.2 Å². The van der Waals surface area contributed by atoms with Crippen molar-refractivity contribution in [2.24, 2.45) is 5.41 Å². The number of hydrogen-bond acceptors (Lipinski definition) is 4. The zero-order valence-corrected chi connectivity index (χ0v) is 28.3. The van der Waals surface area contributed by atoms with E-state index < -0.39 is 12.7 Å². The minimum Gasteiger partial charge on any atom is -0.372 e. The second kappa shape index (κ2) is 13.2. The van der Waals surface area contributed by atoms with Crippen LogP contribution in [0.5, 0.6) is 0 Å². The maximum absolute atomic E-state index is 14.5. The number of hydrogen-bond donors (Lipinski definition) is 0. The molecule has 3 aliphatic rings. The van der Waals surface area contributed by atoms with Crippen LogP contribution in [0, 0.1) is 5.41 Å². The molecule has 3 fully saturated rings. The summed E-state index contributed by atoms with van der Waals surface area (Å²) in [5.74, 6) is 0.0543. The molecular formula is C38H52F3N5. The lowest BCUT2D eigenvalue weighted by Crippen LogP contribution is -2.47. The first kappa shape index (κ1) is 32.9. The van der Waals surface area contributed by atoms with Gasteiger partial charge in [0.05, 0.1) is 23.3 Å². The van der Waals surface area contributed by atoms with Crippen LogP contribution in [-0.2, 0) is 13.0 Å². The molecule has 0 amide bonds. The van der Waals surface area contributed by atoms with Gasteiger partial charge in [0.2, 0.25) is 0 Å². The third kappa shape index (κ3) is 7.27. The van der Waals surface area contributed by atoms with Gasteiger partial charge in [-0.3, -0.25) is 9.88 Å². The van der Waals surface area contributed by atoms with Crippen molar-refractivity contribution in [1.29, 1.82) is 0 Å². The van der Waals surface area contributed by atoms with Crippen molar-refractivity contribution in [3.8, 4) is 11.3 Å². The maximum atomic E-state index is 14.5. The van der Waals surface area contributed by atoms with E-state index in [-0.39, 0.29) is 11.3 Å². The summed E-state index contributed by atoms with van der Waals surface area (Å²) in [5, 5.41) is 0.937. The molecule has 2 aliphatic heterocycles. The summed E-state index contributed by atoms with van der Waals surface area (Å²) in [4.78, 5) is 12.4. The van der Waals surface area contributed by atoms with Crippen molar-refractivity contribution >= 4 is 22.3 Å². The summed E-state index contributed by atoms with van der Waals surface area (Å²) in [6, 6.07) is 9.05. The van der Waals surface area contributed by atoms with Crippen LogP contribution >= 0.6 is 0 Å². The van der Waals surface area contributed by atoms with Gasteiger partial charge in [-0.2, -0.15) is 13.2 Å². The molecule has 4 heterocycles. The zero-order valence-electron chi connectivity index (χ0n) is 28.3. The summed E-state index contributed by atoms with van der Waals surface area (Å²) < 4.78 is 45.1. The molecule has 0 N–H and O–H groups in total. The highest BCUT2D eigenvalue weighted by Crippen LogP contribution is 2.44. The Morgan fingerprint density at radius 3 is 2.26 bits per heavy atom. The van der Waals surface area contributed by atoms with E-state index in [0.717, 1.165) is 105 Å². The van der Waals surface area contributed by atoms with E-state index in [1.54, 1.807) is 4.57 Å². The lowest BCUT2D eigenvalue weighted by Gasteiger charge is -2.36. The van der Waals surface area contributed by atoms with Crippen LogP contribution in [0.2, 0.25) is 0 Å². The number of benzene rings is 1. The van der Waals surface area contributed by atoms with E-state index in [0.29, 0.717) is 17.6 Å². The Kier molecular flexibility index (Phi) is 9.48. The van der Waals surface area contributed by atoms with E-state index in [2.05, 4.69) is 61.1 Å². The number of rotatable bonds is 11. The zero-order chi connectivity index (χ0) is 32.6. The number of fused-ring (bicyclic) bond motifs is 1. The first-order chi connectivity index (χ1) is 21.9. The summed E-state index contributed by atoms with van der Waals surface area (Å²) in [6.45, 7) is 17.4. The summed E-state index contributed by atoms with van der Waals surface area (Å²) >= 11 is 0. The van der Waals surface area contributed by atoms with Crippen molar-refractivity contribution in [1.82, 2.24) is 14.5 Å². The molecule has 1 aliphatic carbocycles. The SMILES string of the molecule is C=CCCC(C)(C)Cc1c(-c2cc(N3CCN(C4CC4)CC3)cnc2C(C)C)n(CC(F)(F)F)c2ccc(N3CCCCC3)cc12. The Hall–Kier alpha value is -3.00. The van der Waals surface area contributed by atoms with Gasteiger partial charge in [-0.25, -0.2) is 0 Å². The smallest absolute Gasteiger partial charge is 0.372 e. The molecule has 1 aromatic carbocycles. The molecule has 250 valence electrons. The van der Waals surface area contributed by atoms with Crippen LogP contribution in [0.1, 0.15) is 89.8 Å². The van der Waals surface area contributed by atoms with Gasteiger partial charge in [-0.05, 0) is 92.5 Å². The van der Waals surface area contributed by atoms with Crippen molar-refractivity contribution < 1.29 is 13.2 Å². The van der Waals surface area contributed by atoms with Crippen molar-refractivity contribution in [2.75, 3.05) is 49.1 Å².